The number of halogens is 1. The molecule has 0 unspecified atom stereocenters. The van der Waals surface area contributed by atoms with Crippen LogP contribution in [0.25, 0.3) is 0 Å². The average Bonchev–Trinajstić information content (AvgIpc) is 2.66. The zero-order valence-electron chi connectivity index (χ0n) is 15.7. The zero-order chi connectivity index (χ0) is 17.9. The molecule has 1 aliphatic rings. The Morgan fingerprint density at radius 1 is 1.15 bits per heavy atom. The van der Waals surface area contributed by atoms with E-state index in [0.717, 1.165) is 31.6 Å². The first-order valence-electron chi connectivity index (χ1n) is 9.08. The molecule has 0 spiro atoms. The standard InChI is InChI=1S/C19H30N4O2.HI/c1-20-19(21-13-12-15-8-10-17(25-2)11-9-15)22-14-18(24)23-16-6-4-3-5-7-16;/h8-11,16H,3-7,12-14H2,1-2H3,(H,23,24)(H2,20,21,22);1H. The molecule has 1 amide bonds. The summed E-state index contributed by atoms with van der Waals surface area (Å²) < 4.78 is 5.16. The first-order chi connectivity index (χ1) is 12.2. The van der Waals surface area contributed by atoms with Crippen molar-refractivity contribution in [2.24, 2.45) is 4.99 Å². The molecule has 0 heterocycles. The number of aliphatic imine (C=N–C) groups is 1. The number of hydrogen-bond donors (Lipinski definition) is 3. The smallest absolute Gasteiger partial charge is 0.239 e. The maximum Gasteiger partial charge on any atom is 0.239 e. The monoisotopic (exact) mass is 474 g/mol. The van der Waals surface area contributed by atoms with Gasteiger partial charge in [0.2, 0.25) is 5.91 Å². The van der Waals surface area contributed by atoms with Gasteiger partial charge in [0.1, 0.15) is 5.75 Å². The van der Waals surface area contributed by atoms with Crippen molar-refractivity contribution in [3.05, 3.63) is 29.8 Å². The zero-order valence-corrected chi connectivity index (χ0v) is 18.0. The molecule has 6 nitrogen and oxygen atoms in total. The predicted octanol–water partition coefficient (Wildman–Crippen LogP) is 2.47. The Bertz CT molecular complexity index is 557. The van der Waals surface area contributed by atoms with Gasteiger partial charge in [0.05, 0.1) is 13.7 Å². The van der Waals surface area contributed by atoms with Gasteiger partial charge < -0.3 is 20.7 Å². The highest BCUT2D eigenvalue weighted by Gasteiger charge is 2.15. The minimum absolute atomic E-state index is 0. The van der Waals surface area contributed by atoms with Gasteiger partial charge >= 0.3 is 0 Å². The van der Waals surface area contributed by atoms with Gasteiger partial charge in [-0.2, -0.15) is 0 Å². The summed E-state index contributed by atoms with van der Waals surface area (Å²) in [7, 11) is 3.37. The maximum atomic E-state index is 12.0. The first-order valence-corrected chi connectivity index (χ1v) is 9.08. The molecule has 0 bridgehead atoms. The molecular weight excluding hydrogens is 443 g/mol. The highest BCUT2D eigenvalue weighted by atomic mass is 127. The van der Waals surface area contributed by atoms with Gasteiger partial charge in [0.15, 0.2) is 5.96 Å². The van der Waals surface area contributed by atoms with Crippen LogP contribution in [0, 0.1) is 0 Å². The van der Waals surface area contributed by atoms with E-state index in [4.69, 9.17) is 4.74 Å². The Morgan fingerprint density at radius 3 is 2.46 bits per heavy atom. The third-order valence-electron chi connectivity index (χ3n) is 4.48. The number of guanidine groups is 1. The summed E-state index contributed by atoms with van der Waals surface area (Å²) >= 11 is 0. The van der Waals surface area contributed by atoms with Crippen LogP contribution in [-0.4, -0.2) is 45.2 Å². The van der Waals surface area contributed by atoms with Crippen LogP contribution in [0.4, 0.5) is 0 Å². The summed E-state index contributed by atoms with van der Waals surface area (Å²) in [4.78, 5) is 16.2. The number of amides is 1. The van der Waals surface area contributed by atoms with Gasteiger partial charge in [0.25, 0.3) is 0 Å². The number of benzene rings is 1. The Balaban J connectivity index is 0.00000338. The van der Waals surface area contributed by atoms with Crippen molar-refractivity contribution < 1.29 is 9.53 Å². The number of nitrogens with one attached hydrogen (secondary N) is 3. The normalized spacial score (nSPS) is 14.9. The van der Waals surface area contributed by atoms with E-state index in [1.165, 1.54) is 24.8 Å². The summed E-state index contributed by atoms with van der Waals surface area (Å²) in [5.41, 5.74) is 1.22. The second-order valence-corrected chi connectivity index (χ2v) is 6.35. The SMILES string of the molecule is CN=C(NCCc1ccc(OC)cc1)NCC(=O)NC1CCCCC1.I. The molecule has 0 radical (unpaired) electrons. The fourth-order valence-electron chi connectivity index (χ4n) is 3.03. The van der Waals surface area contributed by atoms with E-state index in [1.807, 2.05) is 24.3 Å². The second-order valence-electron chi connectivity index (χ2n) is 6.35. The summed E-state index contributed by atoms with van der Waals surface area (Å²) in [5.74, 6) is 1.54. The van der Waals surface area contributed by atoms with Crippen molar-refractivity contribution in [3.8, 4) is 5.75 Å². The fourth-order valence-corrected chi connectivity index (χ4v) is 3.03. The molecule has 7 heteroatoms. The fraction of sp³-hybridized carbons (Fsp3) is 0.579. The summed E-state index contributed by atoms with van der Waals surface area (Å²) in [5, 5.41) is 9.40. The van der Waals surface area contributed by atoms with E-state index in [-0.39, 0.29) is 36.4 Å². The van der Waals surface area contributed by atoms with Crippen LogP contribution in [0.15, 0.2) is 29.3 Å². The molecule has 0 aliphatic heterocycles. The van der Waals surface area contributed by atoms with Crippen LogP contribution in [0.3, 0.4) is 0 Å². The Labute approximate surface area is 173 Å². The van der Waals surface area contributed by atoms with Gasteiger partial charge in [-0.15, -0.1) is 24.0 Å². The highest BCUT2D eigenvalue weighted by molar-refractivity contribution is 14.0. The van der Waals surface area contributed by atoms with E-state index in [1.54, 1.807) is 14.2 Å². The molecule has 146 valence electrons. The van der Waals surface area contributed by atoms with Crippen molar-refractivity contribution in [2.45, 2.75) is 44.6 Å². The van der Waals surface area contributed by atoms with E-state index in [2.05, 4.69) is 20.9 Å². The number of methoxy groups -OCH3 is 1. The summed E-state index contributed by atoms with van der Waals surface area (Å²) in [6.45, 7) is 0.995. The lowest BCUT2D eigenvalue weighted by atomic mass is 9.95. The second kappa shape index (κ2) is 12.8. The van der Waals surface area contributed by atoms with Crippen LogP contribution in [0.2, 0.25) is 0 Å². The molecule has 0 atom stereocenters. The maximum absolute atomic E-state index is 12.0. The van der Waals surface area contributed by atoms with E-state index < -0.39 is 0 Å². The van der Waals surface area contributed by atoms with Gasteiger partial charge in [-0.25, -0.2) is 0 Å². The molecule has 1 aromatic rings. The number of ether oxygens (including phenoxy) is 1. The molecule has 2 rings (SSSR count). The van der Waals surface area contributed by atoms with Crippen molar-refractivity contribution in [3.63, 3.8) is 0 Å². The van der Waals surface area contributed by atoms with Crippen molar-refractivity contribution >= 4 is 35.8 Å². The van der Waals surface area contributed by atoms with Crippen LogP contribution >= 0.6 is 24.0 Å². The molecule has 1 fully saturated rings. The van der Waals surface area contributed by atoms with Crippen LogP contribution < -0.4 is 20.7 Å². The number of nitrogens with zero attached hydrogens (tertiary/aromatic N) is 1. The molecule has 3 N–H and O–H groups in total. The molecular formula is C19H31IN4O2. The Morgan fingerprint density at radius 2 is 1.85 bits per heavy atom. The number of hydrogen-bond acceptors (Lipinski definition) is 3. The van der Waals surface area contributed by atoms with Gasteiger partial charge in [-0.3, -0.25) is 9.79 Å². The Kier molecular flexibility index (Phi) is 11.1. The number of carbonyl (C=O) groups excluding carboxylic acids is 1. The van der Waals surface area contributed by atoms with Crippen molar-refractivity contribution in [1.29, 1.82) is 0 Å². The minimum Gasteiger partial charge on any atom is -0.497 e. The van der Waals surface area contributed by atoms with Gasteiger partial charge in [-0.05, 0) is 37.0 Å². The minimum atomic E-state index is 0. The number of carbonyl (C=O) groups is 1. The first kappa shape index (κ1) is 22.5. The van der Waals surface area contributed by atoms with Gasteiger partial charge in [-0.1, -0.05) is 31.4 Å². The molecule has 1 saturated carbocycles. The molecule has 0 aromatic heterocycles. The van der Waals surface area contributed by atoms with Gasteiger partial charge in [0, 0.05) is 19.6 Å². The molecule has 0 saturated heterocycles. The van der Waals surface area contributed by atoms with Crippen LogP contribution in [0.5, 0.6) is 5.75 Å². The predicted molar refractivity (Wildman–Crippen MR) is 116 cm³/mol. The lowest BCUT2D eigenvalue weighted by Crippen LogP contribution is -2.46. The quantitative estimate of drug-likeness (QED) is 0.323. The van der Waals surface area contributed by atoms with Crippen LogP contribution in [-0.2, 0) is 11.2 Å². The average molecular weight is 474 g/mol. The molecule has 1 aromatic carbocycles. The van der Waals surface area contributed by atoms with Crippen molar-refractivity contribution in [1.82, 2.24) is 16.0 Å². The lowest BCUT2D eigenvalue weighted by molar-refractivity contribution is -0.120. The van der Waals surface area contributed by atoms with Crippen LogP contribution in [0.1, 0.15) is 37.7 Å². The molecule has 1 aliphatic carbocycles. The summed E-state index contributed by atoms with van der Waals surface area (Å²) in [6.07, 6.45) is 6.79. The van der Waals surface area contributed by atoms with E-state index in [0.29, 0.717) is 12.0 Å². The summed E-state index contributed by atoms with van der Waals surface area (Å²) in [6, 6.07) is 8.35. The number of rotatable bonds is 7. The Hall–Kier alpha value is -1.51. The molecule has 26 heavy (non-hydrogen) atoms. The van der Waals surface area contributed by atoms with E-state index in [9.17, 15) is 4.79 Å². The third-order valence-corrected chi connectivity index (χ3v) is 4.48. The third kappa shape index (κ3) is 8.25. The van der Waals surface area contributed by atoms with Crippen molar-refractivity contribution in [2.75, 3.05) is 27.2 Å². The highest BCUT2D eigenvalue weighted by Crippen LogP contribution is 2.17. The lowest BCUT2D eigenvalue weighted by Gasteiger charge is -2.23. The largest absolute Gasteiger partial charge is 0.497 e. The topological polar surface area (TPSA) is 74.8 Å². The van der Waals surface area contributed by atoms with E-state index >= 15 is 0 Å².